The maximum atomic E-state index is 12.1. The van der Waals surface area contributed by atoms with Gasteiger partial charge in [0.25, 0.3) is 0 Å². The molecule has 1 N–H and O–H groups in total. The van der Waals surface area contributed by atoms with Crippen molar-refractivity contribution in [3.05, 3.63) is 0 Å². The number of rotatable bonds is 2. The molecule has 3 atom stereocenters. The molecule has 2 saturated heterocycles. The summed E-state index contributed by atoms with van der Waals surface area (Å²) in [5.74, 6) is 1.70. The van der Waals surface area contributed by atoms with Gasteiger partial charge in [0.2, 0.25) is 5.91 Å². The molecule has 0 aliphatic carbocycles. The third kappa shape index (κ3) is 2.76. The highest BCUT2D eigenvalue weighted by atomic mass is 16.2. The molecule has 2 fully saturated rings. The van der Waals surface area contributed by atoms with E-state index in [1.165, 1.54) is 19.3 Å². The van der Waals surface area contributed by atoms with Gasteiger partial charge in [0, 0.05) is 25.6 Å². The van der Waals surface area contributed by atoms with Gasteiger partial charge >= 0.3 is 0 Å². The van der Waals surface area contributed by atoms with Crippen molar-refractivity contribution in [2.45, 2.75) is 45.6 Å². The standard InChI is InChI=1S/C13H24N2O/c1-10-8-15(9-11(10)2)13(16)7-12-5-3-4-6-14-12/h10-12,14H,3-9H2,1-2H3. The number of carbonyl (C=O) groups is 1. The van der Waals surface area contributed by atoms with Crippen LogP contribution in [0, 0.1) is 11.8 Å². The van der Waals surface area contributed by atoms with Crippen LogP contribution in [0.3, 0.4) is 0 Å². The Hall–Kier alpha value is -0.570. The molecule has 16 heavy (non-hydrogen) atoms. The molecule has 2 rings (SSSR count). The molecule has 0 saturated carbocycles. The van der Waals surface area contributed by atoms with Crippen molar-refractivity contribution in [3.8, 4) is 0 Å². The van der Waals surface area contributed by atoms with Crippen LogP contribution in [0.25, 0.3) is 0 Å². The number of amides is 1. The lowest BCUT2D eigenvalue weighted by Crippen LogP contribution is -2.40. The van der Waals surface area contributed by atoms with Crippen molar-refractivity contribution in [3.63, 3.8) is 0 Å². The minimum atomic E-state index is 0.357. The van der Waals surface area contributed by atoms with Crippen LogP contribution in [0.5, 0.6) is 0 Å². The van der Waals surface area contributed by atoms with E-state index in [2.05, 4.69) is 24.1 Å². The number of likely N-dealkylation sites (tertiary alicyclic amines) is 1. The number of carbonyl (C=O) groups excluding carboxylic acids is 1. The first-order chi connectivity index (χ1) is 7.66. The molecule has 0 aromatic carbocycles. The first-order valence-corrected chi connectivity index (χ1v) is 6.68. The quantitative estimate of drug-likeness (QED) is 0.773. The Bertz CT molecular complexity index is 238. The molecule has 92 valence electrons. The van der Waals surface area contributed by atoms with Crippen molar-refractivity contribution in [2.75, 3.05) is 19.6 Å². The molecule has 2 aliphatic heterocycles. The fourth-order valence-corrected chi connectivity index (χ4v) is 2.77. The summed E-state index contributed by atoms with van der Waals surface area (Å²) in [5.41, 5.74) is 0. The highest BCUT2D eigenvalue weighted by Gasteiger charge is 2.30. The lowest BCUT2D eigenvalue weighted by atomic mass is 10.0. The predicted octanol–water partition coefficient (Wildman–Crippen LogP) is 1.63. The second kappa shape index (κ2) is 5.17. The zero-order valence-electron chi connectivity index (χ0n) is 10.5. The smallest absolute Gasteiger partial charge is 0.224 e. The lowest BCUT2D eigenvalue weighted by molar-refractivity contribution is -0.131. The summed E-state index contributed by atoms with van der Waals surface area (Å²) in [7, 11) is 0. The Labute approximate surface area is 98.6 Å². The molecule has 0 spiro atoms. The van der Waals surface area contributed by atoms with Gasteiger partial charge in [-0.2, -0.15) is 0 Å². The van der Waals surface area contributed by atoms with Gasteiger partial charge in [-0.15, -0.1) is 0 Å². The van der Waals surface area contributed by atoms with Crippen LogP contribution in [-0.4, -0.2) is 36.5 Å². The van der Waals surface area contributed by atoms with E-state index in [-0.39, 0.29) is 0 Å². The van der Waals surface area contributed by atoms with Gasteiger partial charge < -0.3 is 10.2 Å². The van der Waals surface area contributed by atoms with Gasteiger partial charge in [0.1, 0.15) is 0 Å². The number of nitrogens with zero attached hydrogens (tertiary/aromatic N) is 1. The van der Waals surface area contributed by atoms with Crippen LogP contribution in [0.2, 0.25) is 0 Å². The van der Waals surface area contributed by atoms with Crippen molar-refractivity contribution >= 4 is 5.91 Å². The molecular formula is C13H24N2O. The molecule has 3 nitrogen and oxygen atoms in total. The fraction of sp³-hybridized carbons (Fsp3) is 0.923. The third-order valence-electron chi connectivity index (χ3n) is 4.17. The van der Waals surface area contributed by atoms with Gasteiger partial charge in [-0.3, -0.25) is 4.79 Å². The summed E-state index contributed by atoms with van der Waals surface area (Å²) >= 11 is 0. The predicted molar refractivity (Wildman–Crippen MR) is 65.2 cm³/mol. The second-order valence-corrected chi connectivity index (χ2v) is 5.60. The molecule has 0 bridgehead atoms. The molecule has 2 aliphatic rings. The Kier molecular flexibility index (Phi) is 3.85. The van der Waals surface area contributed by atoms with Crippen LogP contribution in [0.15, 0.2) is 0 Å². The van der Waals surface area contributed by atoms with Crippen molar-refractivity contribution < 1.29 is 4.79 Å². The summed E-state index contributed by atoms with van der Waals surface area (Å²) in [6.07, 6.45) is 4.42. The zero-order valence-corrected chi connectivity index (χ0v) is 10.5. The highest BCUT2D eigenvalue weighted by molar-refractivity contribution is 5.77. The highest BCUT2D eigenvalue weighted by Crippen LogP contribution is 2.23. The Morgan fingerprint density at radius 2 is 1.94 bits per heavy atom. The Morgan fingerprint density at radius 1 is 1.25 bits per heavy atom. The summed E-state index contributed by atoms with van der Waals surface area (Å²) in [6.45, 7) is 7.51. The summed E-state index contributed by atoms with van der Waals surface area (Å²) in [6, 6.07) is 0.437. The van der Waals surface area contributed by atoms with Crippen molar-refractivity contribution in [1.29, 1.82) is 0 Å². The van der Waals surface area contributed by atoms with E-state index in [0.717, 1.165) is 19.6 Å². The molecule has 0 radical (unpaired) electrons. The van der Waals surface area contributed by atoms with E-state index in [9.17, 15) is 4.79 Å². The molecule has 1 amide bonds. The number of hydrogen-bond acceptors (Lipinski definition) is 2. The Morgan fingerprint density at radius 3 is 2.50 bits per heavy atom. The van der Waals surface area contributed by atoms with E-state index in [0.29, 0.717) is 30.2 Å². The molecular weight excluding hydrogens is 200 g/mol. The van der Waals surface area contributed by atoms with Crippen LogP contribution in [-0.2, 0) is 4.79 Å². The van der Waals surface area contributed by atoms with Crippen LogP contribution >= 0.6 is 0 Å². The van der Waals surface area contributed by atoms with Gasteiger partial charge in [0.15, 0.2) is 0 Å². The number of hydrogen-bond donors (Lipinski definition) is 1. The first kappa shape index (κ1) is 11.9. The van der Waals surface area contributed by atoms with E-state index in [1.54, 1.807) is 0 Å². The Balaban J connectivity index is 1.79. The minimum absolute atomic E-state index is 0.357. The SMILES string of the molecule is CC1CN(C(=O)CC2CCCCN2)CC1C. The number of nitrogens with one attached hydrogen (secondary N) is 1. The molecule has 0 aromatic heterocycles. The van der Waals surface area contributed by atoms with Crippen molar-refractivity contribution in [2.24, 2.45) is 11.8 Å². The molecule has 2 heterocycles. The van der Waals surface area contributed by atoms with Gasteiger partial charge in [-0.1, -0.05) is 20.3 Å². The molecule has 3 unspecified atom stereocenters. The average molecular weight is 224 g/mol. The van der Waals surface area contributed by atoms with E-state index >= 15 is 0 Å². The van der Waals surface area contributed by atoms with E-state index < -0.39 is 0 Å². The second-order valence-electron chi connectivity index (χ2n) is 5.60. The van der Waals surface area contributed by atoms with Gasteiger partial charge in [0.05, 0.1) is 0 Å². The topological polar surface area (TPSA) is 32.3 Å². The maximum absolute atomic E-state index is 12.1. The van der Waals surface area contributed by atoms with E-state index in [1.807, 2.05) is 0 Å². The maximum Gasteiger partial charge on any atom is 0.224 e. The third-order valence-corrected chi connectivity index (χ3v) is 4.17. The van der Waals surface area contributed by atoms with Crippen molar-refractivity contribution in [1.82, 2.24) is 10.2 Å². The van der Waals surface area contributed by atoms with Crippen LogP contribution < -0.4 is 5.32 Å². The average Bonchev–Trinajstić information content (AvgIpc) is 2.61. The summed E-state index contributed by atoms with van der Waals surface area (Å²) in [5, 5.41) is 3.45. The monoisotopic (exact) mass is 224 g/mol. The zero-order chi connectivity index (χ0) is 11.5. The number of piperidine rings is 1. The fourth-order valence-electron chi connectivity index (χ4n) is 2.77. The summed E-state index contributed by atoms with van der Waals surface area (Å²) < 4.78 is 0. The minimum Gasteiger partial charge on any atom is -0.342 e. The first-order valence-electron chi connectivity index (χ1n) is 6.68. The normalized spacial score (nSPS) is 35.4. The van der Waals surface area contributed by atoms with Gasteiger partial charge in [-0.05, 0) is 31.2 Å². The molecule has 3 heteroatoms. The van der Waals surface area contributed by atoms with Crippen LogP contribution in [0.1, 0.15) is 39.5 Å². The van der Waals surface area contributed by atoms with E-state index in [4.69, 9.17) is 0 Å². The summed E-state index contributed by atoms with van der Waals surface area (Å²) in [4.78, 5) is 14.2. The van der Waals surface area contributed by atoms with Gasteiger partial charge in [-0.25, -0.2) is 0 Å². The largest absolute Gasteiger partial charge is 0.342 e. The molecule has 0 aromatic rings. The lowest BCUT2D eigenvalue weighted by Gasteiger charge is -2.25. The van der Waals surface area contributed by atoms with Crippen LogP contribution in [0.4, 0.5) is 0 Å².